The van der Waals surface area contributed by atoms with E-state index in [0.29, 0.717) is 28.0 Å². The van der Waals surface area contributed by atoms with Gasteiger partial charge in [-0.05, 0) is 36.2 Å². The number of alkyl halides is 3. The maximum Gasteiger partial charge on any atom is 0.416 e. The molecule has 0 fully saturated rings. The molecule has 2 aromatic heterocycles. The van der Waals surface area contributed by atoms with Crippen LogP contribution in [0.25, 0.3) is 11.0 Å². The normalized spacial score (nSPS) is 12.5. The van der Waals surface area contributed by atoms with E-state index < -0.39 is 17.7 Å². The van der Waals surface area contributed by atoms with Crippen molar-refractivity contribution in [3.63, 3.8) is 0 Å². The number of benzene rings is 2. The van der Waals surface area contributed by atoms with Gasteiger partial charge in [-0.25, -0.2) is 9.97 Å². The number of carbonyl (C=O) groups is 2. The summed E-state index contributed by atoms with van der Waals surface area (Å²) in [5.74, 6) is -1.12. The molecular weight excluding hydrogens is 455 g/mol. The lowest BCUT2D eigenvalue weighted by atomic mass is 9.99. The van der Waals surface area contributed by atoms with Gasteiger partial charge in [-0.2, -0.15) is 13.2 Å². The number of amides is 2. The molecule has 0 saturated carbocycles. The summed E-state index contributed by atoms with van der Waals surface area (Å²) in [5.41, 5.74) is 3.22. The summed E-state index contributed by atoms with van der Waals surface area (Å²) in [6, 6.07) is 9.97. The molecule has 11 heteroatoms. The van der Waals surface area contributed by atoms with Gasteiger partial charge in [0.2, 0.25) is 11.9 Å². The maximum absolute atomic E-state index is 12.9. The number of aromatic nitrogens is 3. The van der Waals surface area contributed by atoms with Gasteiger partial charge in [-0.15, -0.1) is 11.3 Å². The standard InChI is InChI=1S/C22H18F3N5O2S/c1-12(7-13-3-2-4-14(8-13)22(23,24)25)19(31)30-21-28-16-6-5-15(9-17(16)29-21)27-20(32)18-10-33-11-26-18/h2-6,8-12H,7H2,1H3,(H,27,32)(H2,28,29,30,31). The molecule has 33 heavy (non-hydrogen) atoms. The minimum Gasteiger partial charge on any atom is -0.324 e. The highest BCUT2D eigenvalue weighted by molar-refractivity contribution is 7.07. The van der Waals surface area contributed by atoms with Crippen LogP contribution in [0, 0.1) is 5.92 Å². The Morgan fingerprint density at radius 3 is 2.70 bits per heavy atom. The summed E-state index contributed by atoms with van der Waals surface area (Å²) >= 11 is 1.31. The third kappa shape index (κ3) is 5.37. The highest BCUT2D eigenvalue weighted by atomic mass is 32.1. The van der Waals surface area contributed by atoms with Gasteiger partial charge in [-0.1, -0.05) is 25.1 Å². The largest absolute Gasteiger partial charge is 0.416 e. The second-order valence-electron chi connectivity index (χ2n) is 7.44. The second kappa shape index (κ2) is 9.02. The Labute approximate surface area is 190 Å². The summed E-state index contributed by atoms with van der Waals surface area (Å²) < 4.78 is 38.7. The number of nitrogens with one attached hydrogen (secondary N) is 3. The molecule has 1 unspecified atom stereocenters. The number of halogens is 3. The highest BCUT2D eigenvalue weighted by Gasteiger charge is 2.30. The number of hydrogen-bond acceptors (Lipinski definition) is 5. The van der Waals surface area contributed by atoms with Crippen LogP contribution in [-0.4, -0.2) is 26.8 Å². The third-order valence-corrected chi connectivity index (χ3v) is 5.48. The molecule has 170 valence electrons. The van der Waals surface area contributed by atoms with Crippen LogP contribution >= 0.6 is 11.3 Å². The number of hydrogen-bond donors (Lipinski definition) is 3. The SMILES string of the molecule is CC(Cc1cccc(C(F)(F)F)c1)C(=O)Nc1nc2cc(NC(=O)c3cscn3)ccc2[nH]1. The van der Waals surface area contributed by atoms with Gasteiger partial charge in [0.15, 0.2) is 0 Å². The molecule has 3 N–H and O–H groups in total. The number of nitrogens with zero attached hydrogens (tertiary/aromatic N) is 2. The summed E-state index contributed by atoms with van der Waals surface area (Å²) in [5, 5.41) is 7.02. The molecule has 7 nitrogen and oxygen atoms in total. The Morgan fingerprint density at radius 2 is 1.97 bits per heavy atom. The van der Waals surface area contributed by atoms with Crippen molar-refractivity contribution in [3.05, 3.63) is 70.2 Å². The molecule has 4 aromatic rings. The molecule has 0 aliphatic carbocycles. The number of thiazole rings is 1. The average Bonchev–Trinajstić information content (AvgIpc) is 3.42. The molecule has 2 heterocycles. The minimum absolute atomic E-state index is 0.142. The van der Waals surface area contributed by atoms with E-state index in [2.05, 4.69) is 25.6 Å². The zero-order valence-electron chi connectivity index (χ0n) is 17.2. The topological polar surface area (TPSA) is 99.8 Å². The molecule has 1 atom stereocenters. The summed E-state index contributed by atoms with van der Waals surface area (Å²) in [6.45, 7) is 1.63. The van der Waals surface area contributed by atoms with Crippen LogP contribution in [0.15, 0.2) is 53.4 Å². The number of H-pyrrole nitrogens is 1. The lowest BCUT2D eigenvalue weighted by Gasteiger charge is -2.13. The van der Waals surface area contributed by atoms with Gasteiger partial charge in [0.05, 0.1) is 22.1 Å². The zero-order chi connectivity index (χ0) is 23.6. The van der Waals surface area contributed by atoms with E-state index in [-0.39, 0.29) is 24.2 Å². The molecular formula is C22H18F3N5O2S. The number of aromatic amines is 1. The Hall–Kier alpha value is -3.73. The van der Waals surface area contributed by atoms with Crippen LogP contribution in [0.1, 0.15) is 28.5 Å². The average molecular weight is 473 g/mol. The summed E-state index contributed by atoms with van der Waals surface area (Å²) in [4.78, 5) is 36.0. The molecule has 0 radical (unpaired) electrons. The Bertz CT molecular complexity index is 1300. The third-order valence-electron chi connectivity index (χ3n) is 4.89. The predicted molar refractivity (Wildman–Crippen MR) is 119 cm³/mol. The second-order valence-corrected chi connectivity index (χ2v) is 8.16. The fourth-order valence-corrected chi connectivity index (χ4v) is 3.76. The first-order valence-electron chi connectivity index (χ1n) is 9.85. The molecule has 0 aliphatic rings. The van der Waals surface area contributed by atoms with E-state index in [1.165, 1.54) is 17.4 Å². The van der Waals surface area contributed by atoms with Gasteiger partial charge < -0.3 is 10.3 Å². The number of carbonyl (C=O) groups excluding carboxylic acids is 2. The van der Waals surface area contributed by atoms with Crippen molar-refractivity contribution in [2.45, 2.75) is 19.5 Å². The predicted octanol–water partition coefficient (Wildman–Crippen LogP) is 5.11. The molecule has 2 amide bonds. The smallest absolute Gasteiger partial charge is 0.324 e. The molecule has 0 bridgehead atoms. The van der Waals surface area contributed by atoms with Crippen molar-refractivity contribution in [2.75, 3.05) is 10.6 Å². The summed E-state index contributed by atoms with van der Waals surface area (Å²) in [6.07, 6.45) is -4.29. The van der Waals surface area contributed by atoms with Crippen molar-refractivity contribution >= 4 is 45.8 Å². The van der Waals surface area contributed by atoms with Gasteiger partial charge in [0, 0.05) is 17.0 Å². The Balaban J connectivity index is 1.42. The Morgan fingerprint density at radius 1 is 1.15 bits per heavy atom. The van der Waals surface area contributed by atoms with E-state index in [1.54, 1.807) is 42.1 Å². The highest BCUT2D eigenvalue weighted by Crippen LogP contribution is 2.30. The molecule has 0 saturated heterocycles. The first-order valence-corrected chi connectivity index (χ1v) is 10.8. The number of imidazole rings is 1. The quantitative estimate of drug-likeness (QED) is 0.362. The first kappa shape index (κ1) is 22.5. The maximum atomic E-state index is 12.9. The number of rotatable bonds is 6. The van der Waals surface area contributed by atoms with Crippen molar-refractivity contribution in [1.82, 2.24) is 15.0 Å². The van der Waals surface area contributed by atoms with Gasteiger partial charge in [-0.3, -0.25) is 14.9 Å². The lowest BCUT2D eigenvalue weighted by molar-refractivity contribution is -0.137. The van der Waals surface area contributed by atoms with E-state index in [0.717, 1.165) is 12.1 Å². The van der Waals surface area contributed by atoms with Gasteiger partial charge in [0.25, 0.3) is 5.91 Å². The zero-order valence-corrected chi connectivity index (χ0v) is 18.1. The van der Waals surface area contributed by atoms with Gasteiger partial charge in [0.1, 0.15) is 5.69 Å². The van der Waals surface area contributed by atoms with E-state index in [1.807, 2.05) is 0 Å². The fraction of sp³-hybridized carbons (Fsp3) is 0.182. The van der Waals surface area contributed by atoms with E-state index >= 15 is 0 Å². The van der Waals surface area contributed by atoms with Crippen LogP contribution in [0.2, 0.25) is 0 Å². The van der Waals surface area contributed by atoms with E-state index in [9.17, 15) is 22.8 Å². The van der Waals surface area contributed by atoms with Crippen LogP contribution in [-0.2, 0) is 17.4 Å². The monoisotopic (exact) mass is 473 g/mol. The number of anilines is 2. The minimum atomic E-state index is -4.44. The van der Waals surface area contributed by atoms with Gasteiger partial charge >= 0.3 is 6.18 Å². The molecule has 2 aromatic carbocycles. The molecule has 4 rings (SSSR count). The molecule has 0 aliphatic heterocycles. The van der Waals surface area contributed by atoms with Crippen LogP contribution in [0.4, 0.5) is 24.8 Å². The fourth-order valence-electron chi connectivity index (χ4n) is 3.22. The van der Waals surface area contributed by atoms with Crippen LogP contribution in [0.3, 0.4) is 0 Å². The van der Waals surface area contributed by atoms with Crippen molar-refractivity contribution in [2.24, 2.45) is 5.92 Å². The van der Waals surface area contributed by atoms with E-state index in [4.69, 9.17) is 0 Å². The summed E-state index contributed by atoms with van der Waals surface area (Å²) in [7, 11) is 0. The van der Waals surface area contributed by atoms with Crippen molar-refractivity contribution in [1.29, 1.82) is 0 Å². The molecule has 0 spiro atoms. The van der Waals surface area contributed by atoms with Crippen molar-refractivity contribution < 1.29 is 22.8 Å². The van der Waals surface area contributed by atoms with Crippen molar-refractivity contribution in [3.8, 4) is 0 Å². The first-order chi connectivity index (χ1) is 15.7. The Kier molecular flexibility index (Phi) is 6.14. The lowest BCUT2D eigenvalue weighted by Crippen LogP contribution is -2.23. The van der Waals surface area contributed by atoms with Crippen LogP contribution in [0.5, 0.6) is 0 Å². The number of fused-ring (bicyclic) bond motifs is 1. The van der Waals surface area contributed by atoms with Crippen LogP contribution < -0.4 is 10.6 Å².